The Balaban J connectivity index is 2.44. The number of carbonyl (C=O) groups excluding carboxylic acids is 6. The van der Waals surface area contributed by atoms with Crippen molar-refractivity contribution in [2.45, 2.75) is 91.0 Å². The number of Topliss-reactive ketones (excluding diaryl/α,β-unsaturated/α-hetero) is 1. The minimum Gasteiger partial charge on any atom is -0.463 e. The van der Waals surface area contributed by atoms with Gasteiger partial charge >= 0.3 is 23.9 Å². The molecular weight excluding hydrogens is 568 g/mol. The molecule has 0 radical (unpaired) electrons. The number of benzene rings is 1. The highest BCUT2D eigenvalue weighted by Gasteiger charge is 2.53. The summed E-state index contributed by atoms with van der Waals surface area (Å²) in [5, 5.41) is 2.47. The fraction of sp³-hybridized carbons (Fsp3) is 0.556. The van der Waals surface area contributed by atoms with Gasteiger partial charge in [0.2, 0.25) is 18.3 Å². The molecular formula is C27H33F2NO12. The Hall–Kier alpha value is -4.14. The predicted molar refractivity (Wildman–Crippen MR) is 137 cm³/mol. The lowest BCUT2D eigenvalue weighted by Gasteiger charge is -2.44. The topological polar surface area (TPSA) is 170 Å². The minimum absolute atomic E-state index is 0.00736. The van der Waals surface area contributed by atoms with Crippen molar-refractivity contribution >= 4 is 41.3 Å². The molecule has 1 aromatic carbocycles. The molecule has 3 unspecified atom stereocenters. The predicted octanol–water partition coefficient (Wildman–Crippen LogP) is 2.78. The summed E-state index contributed by atoms with van der Waals surface area (Å²) in [5.41, 5.74) is -0.656. The molecule has 5 atom stereocenters. The quantitative estimate of drug-likeness (QED) is 0.259. The van der Waals surface area contributed by atoms with Gasteiger partial charge in [0.15, 0.2) is 12.2 Å². The van der Waals surface area contributed by atoms with Crippen LogP contribution in [0.2, 0.25) is 0 Å². The number of amides is 1. The molecule has 0 aromatic heterocycles. The first-order valence-electron chi connectivity index (χ1n) is 12.9. The van der Waals surface area contributed by atoms with Crippen LogP contribution in [0.15, 0.2) is 18.2 Å². The number of nitrogens with one attached hydrogen (secondary N) is 1. The number of hydrogen-bond donors (Lipinski definition) is 1. The normalized spacial score (nSPS) is 21.6. The Kier molecular flexibility index (Phi) is 12.8. The lowest BCUT2D eigenvalue weighted by molar-refractivity contribution is -0.288. The summed E-state index contributed by atoms with van der Waals surface area (Å²) in [6.07, 6.45) is -10.4. The molecule has 15 heteroatoms. The maximum atomic E-state index is 14.1. The van der Waals surface area contributed by atoms with E-state index in [1.807, 2.05) is 0 Å². The number of anilines is 1. The van der Waals surface area contributed by atoms with Gasteiger partial charge in [-0.2, -0.15) is 0 Å². The Labute approximate surface area is 240 Å². The van der Waals surface area contributed by atoms with E-state index in [0.29, 0.717) is 0 Å². The number of ether oxygens (including phenoxy) is 6. The van der Waals surface area contributed by atoms with Crippen molar-refractivity contribution in [2.75, 3.05) is 11.9 Å². The van der Waals surface area contributed by atoms with Gasteiger partial charge in [-0.25, -0.2) is 8.78 Å². The van der Waals surface area contributed by atoms with Gasteiger partial charge in [0.25, 0.3) is 6.43 Å². The molecule has 2 rings (SSSR count). The van der Waals surface area contributed by atoms with Gasteiger partial charge in [0.1, 0.15) is 24.2 Å². The summed E-state index contributed by atoms with van der Waals surface area (Å²) >= 11 is 0. The lowest BCUT2D eigenvalue weighted by Crippen LogP contribution is -2.63. The van der Waals surface area contributed by atoms with Gasteiger partial charge in [-0.3, -0.25) is 24.0 Å². The van der Waals surface area contributed by atoms with Crippen LogP contribution in [-0.2, 0) is 52.5 Å². The monoisotopic (exact) mass is 601 g/mol. The summed E-state index contributed by atoms with van der Waals surface area (Å²) < 4.78 is 60.5. The number of hydrogen-bond acceptors (Lipinski definition) is 12. The average molecular weight is 602 g/mol. The van der Waals surface area contributed by atoms with Crippen LogP contribution in [0.3, 0.4) is 0 Å². The molecule has 232 valence electrons. The van der Waals surface area contributed by atoms with E-state index in [1.54, 1.807) is 0 Å². The maximum Gasteiger partial charge on any atom is 0.303 e. The van der Waals surface area contributed by atoms with E-state index in [9.17, 15) is 37.5 Å². The molecule has 0 spiro atoms. The number of halogens is 2. The van der Waals surface area contributed by atoms with Crippen molar-refractivity contribution < 1.29 is 66.0 Å². The minimum atomic E-state index is -3.11. The van der Waals surface area contributed by atoms with Crippen molar-refractivity contribution in [1.29, 1.82) is 0 Å². The van der Waals surface area contributed by atoms with Crippen molar-refractivity contribution in [3.05, 3.63) is 23.8 Å². The van der Waals surface area contributed by atoms with Crippen molar-refractivity contribution in [3.63, 3.8) is 0 Å². The molecule has 1 saturated heterocycles. The highest BCUT2D eigenvalue weighted by atomic mass is 19.3. The molecule has 1 heterocycles. The standard InChI is InChI=1S/C27H33F2NO12/c1-13(31)7-6-8-22(36)30-18-9-10-20(19(11-18)26(28)29)41-27-25(40-17(5)35)24(39-16(4)34)23(38-15(3)33)21(42-27)12-37-14(2)32/h9-11,21,23-27H,6-8,12H2,1-5H3,(H,30,36)/t21?,23-,24?,25?,27+/m0/s1. The number of rotatable bonds is 13. The largest absolute Gasteiger partial charge is 0.463 e. The fourth-order valence-electron chi connectivity index (χ4n) is 4.03. The van der Waals surface area contributed by atoms with E-state index in [-0.39, 0.29) is 30.7 Å². The highest BCUT2D eigenvalue weighted by Crippen LogP contribution is 2.36. The number of ketones is 1. The zero-order valence-electron chi connectivity index (χ0n) is 23.7. The summed E-state index contributed by atoms with van der Waals surface area (Å²) in [6, 6.07) is 3.35. The van der Waals surface area contributed by atoms with Crippen LogP contribution >= 0.6 is 0 Å². The molecule has 1 fully saturated rings. The second-order valence-electron chi connectivity index (χ2n) is 9.34. The number of carbonyl (C=O) groups is 6. The van der Waals surface area contributed by atoms with E-state index in [1.165, 1.54) is 13.0 Å². The van der Waals surface area contributed by atoms with Crippen LogP contribution in [0, 0.1) is 0 Å². The molecule has 1 aliphatic heterocycles. The Morgan fingerprint density at radius 2 is 1.43 bits per heavy atom. The van der Waals surface area contributed by atoms with Gasteiger partial charge in [-0.05, 0) is 31.5 Å². The van der Waals surface area contributed by atoms with Crippen LogP contribution < -0.4 is 10.1 Å². The van der Waals surface area contributed by atoms with Crippen LogP contribution in [0.25, 0.3) is 0 Å². The summed E-state index contributed by atoms with van der Waals surface area (Å²) in [7, 11) is 0. The molecule has 42 heavy (non-hydrogen) atoms. The van der Waals surface area contributed by atoms with E-state index < -0.39 is 84.8 Å². The molecule has 13 nitrogen and oxygen atoms in total. The Morgan fingerprint density at radius 1 is 0.833 bits per heavy atom. The summed E-state index contributed by atoms with van der Waals surface area (Å²) in [6.45, 7) is 5.05. The first kappa shape index (κ1) is 34.1. The van der Waals surface area contributed by atoms with Crippen LogP contribution in [0.5, 0.6) is 5.75 Å². The number of alkyl halides is 2. The Morgan fingerprint density at radius 3 is 1.98 bits per heavy atom. The highest BCUT2D eigenvalue weighted by molar-refractivity contribution is 5.91. The smallest absolute Gasteiger partial charge is 0.303 e. The average Bonchev–Trinajstić information content (AvgIpc) is 2.86. The molecule has 0 saturated carbocycles. The fourth-order valence-corrected chi connectivity index (χ4v) is 4.03. The summed E-state index contributed by atoms with van der Waals surface area (Å²) in [4.78, 5) is 70.5. The first-order chi connectivity index (χ1) is 19.7. The van der Waals surface area contributed by atoms with Gasteiger partial charge in [0.05, 0.1) is 5.56 Å². The first-order valence-corrected chi connectivity index (χ1v) is 12.9. The van der Waals surface area contributed by atoms with Crippen LogP contribution in [0.1, 0.15) is 65.9 Å². The number of esters is 4. The van der Waals surface area contributed by atoms with Gasteiger partial charge < -0.3 is 38.5 Å². The third-order valence-corrected chi connectivity index (χ3v) is 5.65. The zero-order valence-corrected chi connectivity index (χ0v) is 23.7. The molecule has 1 amide bonds. The third kappa shape index (κ3) is 10.7. The molecule has 1 aliphatic rings. The van der Waals surface area contributed by atoms with E-state index in [2.05, 4.69) is 5.32 Å². The second-order valence-corrected chi connectivity index (χ2v) is 9.34. The van der Waals surface area contributed by atoms with E-state index in [4.69, 9.17) is 28.4 Å². The van der Waals surface area contributed by atoms with E-state index >= 15 is 0 Å². The van der Waals surface area contributed by atoms with Gasteiger partial charge in [0, 0.05) is 46.2 Å². The lowest BCUT2D eigenvalue weighted by atomic mass is 9.98. The van der Waals surface area contributed by atoms with Gasteiger partial charge in [-0.15, -0.1) is 0 Å². The molecule has 1 aromatic rings. The third-order valence-electron chi connectivity index (χ3n) is 5.65. The zero-order chi connectivity index (χ0) is 31.6. The maximum absolute atomic E-state index is 14.1. The van der Waals surface area contributed by atoms with Crippen LogP contribution in [-0.4, -0.2) is 72.9 Å². The van der Waals surface area contributed by atoms with Crippen molar-refractivity contribution in [3.8, 4) is 5.75 Å². The van der Waals surface area contributed by atoms with Crippen LogP contribution in [0.4, 0.5) is 14.5 Å². The molecule has 0 bridgehead atoms. The van der Waals surface area contributed by atoms with Crippen molar-refractivity contribution in [2.24, 2.45) is 0 Å². The van der Waals surface area contributed by atoms with Gasteiger partial charge in [-0.1, -0.05) is 0 Å². The van der Waals surface area contributed by atoms with Crippen molar-refractivity contribution in [1.82, 2.24) is 0 Å². The molecule has 0 aliphatic carbocycles. The summed E-state index contributed by atoms with van der Waals surface area (Å²) in [5.74, 6) is -4.38. The second kappa shape index (κ2) is 15.7. The SMILES string of the molecule is CC(=O)CCCC(=O)Nc1ccc(O[C@@H]2OC(COC(C)=O)[C@H](OC(C)=O)C(OC(C)=O)C2OC(C)=O)c(C(F)F)c1. The van der Waals surface area contributed by atoms with E-state index in [0.717, 1.165) is 39.8 Å². The molecule has 1 N–H and O–H groups in total. The Bertz CT molecular complexity index is 1170.